The average Bonchev–Trinajstić information content (AvgIpc) is 2.60. The molecule has 0 fully saturated rings. The van der Waals surface area contributed by atoms with E-state index in [9.17, 15) is 8.42 Å². The minimum atomic E-state index is -3.77. The van der Waals surface area contributed by atoms with Crippen molar-refractivity contribution in [2.45, 2.75) is 18.7 Å². The molecular weight excluding hydrogens is 288 g/mol. The fourth-order valence-corrected chi connectivity index (χ4v) is 3.13. The zero-order valence-electron chi connectivity index (χ0n) is 10.4. The van der Waals surface area contributed by atoms with Gasteiger partial charge >= 0.3 is 0 Å². The zero-order valence-corrected chi connectivity index (χ0v) is 11.9. The van der Waals surface area contributed by atoms with Crippen LogP contribution in [0, 0.1) is 13.8 Å². The Labute approximate surface area is 116 Å². The molecule has 102 valence electrons. The first-order valence-electron chi connectivity index (χ1n) is 5.40. The van der Waals surface area contributed by atoms with Gasteiger partial charge in [0.2, 0.25) is 0 Å². The number of aromatic amines is 1. The fourth-order valence-electron chi connectivity index (χ4n) is 1.65. The number of nitrogen functional groups attached to an aromatic ring is 1. The highest BCUT2D eigenvalue weighted by Crippen LogP contribution is 2.26. The third-order valence-corrected chi connectivity index (χ3v) is 4.28. The molecule has 0 aliphatic heterocycles. The predicted molar refractivity (Wildman–Crippen MR) is 74.7 cm³/mol. The molecule has 6 nitrogen and oxygen atoms in total. The molecule has 0 atom stereocenters. The summed E-state index contributed by atoms with van der Waals surface area (Å²) in [5.41, 5.74) is 7.40. The Kier molecular flexibility index (Phi) is 3.42. The maximum atomic E-state index is 12.3. The van der Waals surface area contributed by atoms with E-state index >= 15 is 0 Å². The van der Waals surface area contributed by atoms with E-state index in [-0.39, 0.29) is 10.6 Å². The highest BCUT2D eigenvalue weighted by atomic mass is 35.5. The number of nitrogens with one attached hydrogen (secondary N) is 2. The van der Waals surface area contributed by atoms with Gasteiger partial charge in [0.1, 0.15) is 4.90 Å². The van der Waals surface area contributed by atoms with Gasteiger partial charge in [-0.25, -0.2) is 8.42 Å². The summed E-state index contributed by atoms with van der Waals surface area (Å²) in [7, 11) is -3.77. The van der Waals surface area contributed by atoms with Crippen molar-refractivity contribution >= 4 is 33.0 Å². The minimum Gasteiger partial charge on any atom is -0.398 e. The maximum absolute atomic E-state index is 12.3. The first-order valence-corrected chi connectivity index (χ1v) is 7.27. The van der Waals surface area contributed by atoms with Crippen LogP contribution in [0.25, 0.3) is 0 Å². The number of hydrogen-bond donors (Lipinski definition) is 3. The summed E-state index contributed by atoms with van der Waals surface area (Å²) >= 11 is 5.75. The Morgan fingerprint density at radius 3 is 2.58 bits per heavy atom. The van der Waals surface area contributed by atoms with E-state index in [1.807, 2.05) is 0 Å². The molecule has 0 unspecified atom stereocenters. The normalized spacial score (nSPS) is 11.5. The number of anilines is 2. The summed E-state index contributed by atoms with van der Waals surface area (Å²) in [5.74, 6) is 0. The molecule has 0 spiro atoms. The number of nitrogens with two attached hydrogens (primary N) is 1. The third kappa shape index (κ3) is 2.66. The van der Waals surface area contributed by atoms with E-state index < -0.39 is 10.0 Å². The van der Waals surface area contributed by atoms with Crippen LogP contribution in [0.4, 0.5) is 11.4 Å². The monoisotopic (exact) mass is 300 g/mol. The van der Waals surface area contributed by atoms with Crippen LogP contribution in [-0.4, -0.2) is 18.6 Å². The summed E-state index contributed by atoms with van der Waals surface area (Å²) in [4.78, 5) is -0.0168. The molecule has 1 aromatic heterocycles. The molecule has 0 aliphatic carbocycles. The van der Waals surface area contributed by atoms with Crippen LogP contribution in [0.3, 0.4) is 0 Å². The molecule has 1 aromatic carbocycles. The quantitative estimate of drug-likeness (QED) is 0.755. The number of sulfonamides is 1. The lowest BCUT2D eigenvalue weighted by atomic mass is 10.3. The molecule has 0 aliphatic rings. The molecule has 2 aromatic rings. The van der Waals surface area contributed by atoms with Gasteiger partial charge < -0.3 is 5.73 Å². The Balaban J connectivity index is 2.44. The van der Waals surface area contributed by atoms with E-state index in [4.69, 9.17) is 17.3 Å². The van der Waals surface area contributed by atoms with Crippen molar-refractivity contribution < 1.29 is 8.42 Å². The number of aryl methyl sites for hydroxylation is 2. The molecule has 8 heteroatoms. The van der Waals surface area contributed by atoms with Crippen LogP contribution in [0.1, 0.15) is 11.4 Å². The van der Waals surface area contributed by atoms with E-state index in [1.165, 1.54) is 18.2 Å². The second-order valence-electron chi connectivity index (χ2n) is 4.10. The zero-order chi connectivity index (χ0) is 14.2. The number of hydrogen-bond acceptors (Lipinski definition) is 4. The van der Waals surface area contributed by atoms with Crippen LogP contribution >= 0.6 is 11.6 Å². The first-order chi connectivity index (χ1) is 8.81. The van der Waals surface area contributed by atoms with Crippen molar-refractivity contribution in [3.05, 3.63) is 34.6 Å². The third-order valence-electron chi connectivity index (χ3n) is 2.63. The van der Waals surface area contributed by atoms with Crippen molar-refractivity contribution in [3.8, 4) is 0 Å². The van der Waals surface area contributed by atoms with E-state index in [0.717, 1.165) is 0 Å². The van der Waals surface area contributed by atoms with Gasteiger partial charge in [-0.2, -0.15) is 5.10 Å². The highest BCUT2D eigenvalue weighted by molar-refractivity contribution is 7.92. The summed E-state index contributed by atoms with van der Waals surface area (Å²) in [6.45, 7) is 3.43. The van der Waals surface area contributed by atoms with Crippen LogP contribution in [-0.2, 0) is 10.0 Å². The van der Waals surface area contributed by atoms with Crippen molar-refractivity contribution in [1.82, 2.24) is 10.2 Å². The average molecular weight is 301 g/mol. The van der Waals surface area contributed by atoms with Gasteiger partial charge in [0.25, 0.3) is 10.0 Å². The Bertz CT molecular complexity index is 705. The van der Waals surface area contributed by atoms with Crippen LogP contribution in [0.2, 0.25) is 5.02 Å². The maximum Gasteiger partial charge on any atom is 0.264 e. The second kappa shape index (κ2) is 4.75. The topological polar surface area (TPSA) is 101 Å². The summed E-state index contributed by atoms with van der Waals surface area (Å²) in [5, 5.41) is 7.01. The lowest BCUT2D eigenvalue weighted by Gasteiger charge is -2.10. The number of halogens is 1. The molecule has 2 rings (SSSR count). The molecule has 0 bridgehead atoms. The van der Waals surface area contributed by atoms with Crippen molar-refractivity contribution in [3.63, 3.8) is 0 Å². The van der Waals surface area contributed by atoms with Gasteiger partial charge in [-0.05, 0) is 32.0 Å². The number of rotatable bonds is 3. The van der Waals surface area contributed by atoms with Gasteiger partial charge in [0.15, 0.2) is 0 Å². The van der Waals surface area contributed by atoms with Crippen molar-refractivity contribution in [2.24, 2.45) is 0 Å². The van der Waals surface area contributed by atoms with Gasteiger partial charge in [-0.15, -0.1) is 0 Å². The Morgan fingerprint density at radius 2 is 2.05 bits per heavy atom. The van der Waals surface area contributed by atoms with Gasteiger partial charge in [-0.3, -0.25) is 9.82 Å². The molecule has 0 saturated heterocycles. The molecular formula is C11H13ClN4O2S. The molecule has 0 saturated carbocycles. The summed E-state index contributed by atoms with van der Waals surface area (Å²) < 4.78 is 27.0. The number of aromatic nitrogens is 2. The lowest BCUT2D eigenvalue weighted by Crippen LogP contribution is -2.15. The number of nitrogens with zero attached hydrogens (tertiary/aromatic N) is 1. The van der Waals surface area contributed by atoms with Gasteiger partial charge in [0, 0.05) is 5.02 Å². The van der Waals surface area contributed by atoms with E-state index in [0.29, 0.717) is 22.1 Å². The van der Waals surface area contributed by atoms with Crippen molar-refractivity contribution in [2.75, 3.05) is 10.5 Å². The van der Waals surface area contributed by atoms with Gasteiger partial charge in [0.05, 0.1) is 22.8 Å². The van der Waals surface area contributed by atoms with Crippen molar-refractivity contribution in [1.29, 1.82) is 0 Å². The largest absolute Gasteiger partial charge is 0.398 e. The van der Waals surface area contributed by atoms with Crippen LogP contribution in [0.5, 0.6) is 0 Å². The van der Waals surface area contributed by atoms with Crippen LogP contribution in [0.15, 0.2) is 23.1 Å². The second-order valence-corrected chi connectivity index (χ2v) is 6.18. The Morgan fingerprint density at radius 1 is 1.37 bits per heavy atom. The molecule has 4 N–H and O–H groups in total. The van der Waals surface area contributed by atoms with E-state index in [1.54, 1.807) is 13.8 Å². The number of H-pyrrole nitrogens is 1. The Hall–Kier alpha value is -1.73. The molecule has 19 heavy (non-hydrogen) atoms. The smallest absolute Gasteiger partial charge is 0.264 e. The first kappa shape index (κ1) is 13.7. The summed E-state index contributed by atoms with van der Waals surface area (Å²) in [6, 6.07) is 4.23. The predicted octanol–water partition coefficient (Wildman–Crippen LogP) is 2.06. The molecule has 1 heterocycles. The number of benzene rings is 1. The van der Waals surface area contributed by atoms with Crippen LogP contribution < -0.4 is 10.5 Å². The highest BCUT2D eigenvalue weighted by Gasteiger charge is 2.20. The fraction of sp³-hybridized carbons (Fsp3) is 0.182. The lowest BCUT2D eigenvalue weighted by molar-refractivity contribution is 0.601. The minimum absolute atomic E-state index is 0.0168. The van der Waals surface area contributed by atoms with Gasteiger partial charge in [-0.1, -0.05) is 11.6 Å². The summed E-state index contributed by atoms with van der Waals surface area (Å²) in [6.07, 6.45) is 0. The SMILES string of the molecule is Cc1n[nH]c(C)c1NS(=O)(=O)c1ccc(Cl)cc1N. The standard InChI is InChI=1S/C11H13ClN4O2S/c1-6-11(7(2)15-14-6)16-19(17,18)10-4-3-8(12)5-9(10)13/h3-5,16H,13H2,1-2H3,(H,14,15). The van der Waals surface area contributed by atoms with E-state index in [2.05, 4.69) is 14.9 Å². The molecule has 0 amide bonds. The molecule has 0 radical (unpaired) electrons.